The number of methoxy groups -OCH3 is 2. The van der Waals surface area contributed by atoms with Crippen molar-refractivity contribution in [3.05, 3.63) is 167 Å². The molecule has 112 heavy (non-hydrogen) atoms. The van der Waals surface area contributed by atoms with Crippen molar-refractivity contribution in [3.63, 3.8) is 0 Å². The first-order valence-corrected chi connectivity index (χ1v) is 41.2. The van der Waals surface area contributed by atoms with Gasteiger partial charge < -0.3 is 30.7 Å². The standard InChI is InChI=1S/C23H31N3O3.C22H28ClN3O2.C22H29N3O3.C21H26ClN3O2/c1-6-16(7-2)25-21-14(4)24-22(26(8-3)23(21)28)18-12-15-10-9-11-19(27)17(15)13-20(18)29-5;1-5-15(6-2)25-20-13(4)24-21(26(7-3)22(20)28)17-11-14-9-8-10-19(27)16(14)12-18(17)23;1-6-15(7-2)24-20-13(4)23-21(25(8-3)22(20)27)17-11-14-9-10-18(26)16(14)12-19(17)28-5;1-5-14(6-2)24-19-12(4)23-20(25(7-3)21(19)27)16-10-13-8-9-18(26)15(13)11-17(16)22/h12-13,16,25H,6-11H2,1-5H3;11-12,15,25H,5-10H2,1-4H3;11-12,15,24H,6-10H2,1-5H3;10-11,14,24H,5-9H2,1-4H3. The summed E-state index contributed by atoms with van der Waals surface area (Å²) in [6.07, 6.45) is 14.5. The van der Waals surface area contributed by atoms with Gasteiger partial charge in [-0.3, -0.25) is 56.6 Å². The molecule has 0 unspecified atom stereocenters. The number of Topliss-reactive ketones (excluding diaryl/α,β-unsaturated/α-hetero) is 4. The number of nitrogens with one attached hydrogen (secondary N) is 4. The third kappa shape index (κ3) is 18.4. The van der Waals surface area contributed by atoms with E-state index < -0.39 is 0 Å². The third-order valence-electron chi connectivity index (χ3n) is 22.3. The van der Waals surface area contributed by atoms with Gasteiger partial charge in [0.05, 0.1) is 58.2 Å². The summed E-state index contributed by atoms with van der Waals surface area (Å²) >= 11 is 13.0. The van der Waals surface area contributed by atoms with E-state index in [0.29, 0.717) is 171 Å². The van der Waals surface area contributed by atoms with Crippen LogP contribution in [0.15, 0.2) is 67.7 Å². The number of ketones is 4. The molecule has 4 aliphatic rings. The van der Waals surface area contributed by atoms with Gasteiger partial charge in [0.15, 0.2) is 23.1 Å². The fourth-order valence-electron chi connectivity index (χ4n) is 15.4. The lowest BCUT2D eigenvalue weighted by molar-refractivity contribution is 0.0964. The quantitative estimate of drug-likeness (QED) is 0.0392. The molecule has 4 aromatic heterocycles. The Morgan fingerprint density at radius 2 is 0.554 bits per heavy atom. The molecule has 4 N–H and O–H groups in total. The Morgan fingerprint density at radius 3 is 0.804 bits per heavy atom. The molecule has 0 amide bonds. The van der Waals surface area contributed by atoms with Gasteiger partial charge in [0, 0.05) is 109 Å². The number of halogens is 2. The van der Waals surface area contributed by atoms with E-state index in [1.165, 1.54) is 0 Å². The molecule has 0 atom stereocenters. The van der Waals surface area contributed by atoms with E-state index in [1.54, 1.807) is 50.7 Å². The van der Waals surface area contributed by atoms with Crippen LogP contribution in [-0.4, -0.2) is 99.7 Å². The number of rotatable bonds is 26. The summed E-state index contributed by atoms with van der Waals surface area (Å²) < 4.78 is 17.8. The Bertz CT molecular complexity index is 5100. The van der Waals surface area contributed by atoms with E-state index >= 15 is 0 Å². The number of ether oxygens (including phenoxy) is 2. The van der Waals surface area contributed by atoms with Gasteiger partial charge in [-0.2, -0.15) is 0 Å². The van der Waals surface area contributed by atoms with Crippen LogP contribution in [0, 0.1) is 27.7 Å². The number of carbonyl (C=O) groups is 4. The molecule has 0 spiro atoms. The number of carbonyl (C=O) groups excluding carboxylic acids is 4. The van der Waals surface area contributed by atoms with Crippen LogP contribution in [0.1, 0.15) is 259 Å². The molecule has 0 bridgehead atoms. The number of hydrogen-bond donors (Lipinski definition) is 4. The summed E-state index contributed by atoms with van der Waals surface area (Å²) in [5.74, 6) is 3.99. The summed E-state index contributed by atoms with van der Waals surface area (Å²) in [4.78, 5) is 120. The van der Waals surface area contributed by atoms with Crippen LogP contribution in [0.2, 0.25) is 10.0 Å². The monoisotopic (exact) mass is 1570 g/mol. The van der Waals surface area contributed by atoms with Crippen molar-refractivity contribution in [3.8, 4) is 57.1 Å². The lowest BCUT2D eigenvalue weighted by atomic mass is 9.88. The fourth-order valence-corrected chi connectivity index (χ4v) is 15.9. The van der Waals surface area contributed by atoms with Crippen LogP contribution in [0.25, 0.3) is 45.6 Å². The zero-order valence-corrected chi connectivity index (χ0v) is 70.4. The van der Waals surface area contributed by atoms with E-state index in [-0.39, 0.29) is 69.5 Å². The highest BCUT2D eigenvalue weighted by Crippen LogP contribution is 2.40. The Balaban J connectivity index is 0.000000171. The Labute approximate surface area is 668 Å². The highest BCUT2D eigenvalue weighted by molar-refractivity contribution is 6.34. The average molecular weight is 1570 g/mol. The summed E-state index contributed by atoms with van der Waals surface area (Å²) in [5, 5.41) is 14.4. The lowest BCUT2D eigenvalue weighted by Gasteiger charge is -2.22. The first kappa shape index (κ1) is 86.4. The van der Waals surface area contributed by atoms with Gasteiger partial charge in [0.2, 0.25) is 0 Å². The predicted octanol–water partition coefficient (Wildman–Crippen LogP) is 18.0. The smallest absolute Gasteiger partial charge is 0.277 e. The van der Waals surface area contributed by atoms with Gasteiger partial charge in [-0.15, -0.1) is 0 Å². The fraction of sp³-hybridized carbons (Fsp3) is 0.500. The van der Waals surface area contributed by atoms with Crippen molar-refractivity contribution in [1.82, 2.24) is 38.2 Å². The number of aromatic nitrogens is 8. The van der Waals surface area contributed by atoms with Gasteiger partial charge in [0.25, 0.3) is 22.2 Å². The second-order valence-electron chi connectivity index (χ2n) is 29.2. The SMILES string of the molecule is CCC(CC)Nc1c(C)nc(-c2cc3c(cc2Cl)C(=O)CC3)n(CC)c1=O.CCC(CC)Nc1c(C)nc(-c2cc3c(cc2Cl)C(=O)CCC3)n(CC)c1=O.CCC(CC)Nc1c(C)nc(-c2cc3c(cc2OC)C(=O)CC3)n(CC)c1=O.CCC(CC)Nc1c(C)nc(-c2cc3c(cc2OC)C(=O)CCC3)n(CC)c1=O. The van der Waals surface area contributed by atoms with E-state index in [9.17, 15) is 38.4 Å². The first-order chi connectivity index (χ1) is 53.7. The summed E-state index contributed by atoms with van der Waals surface area (Å²) in [7, 11) is 3.16. The van der Waals surface area contributed by atoms with Crippen molar-refractivity contribution in [2.24, 2.45) is 0 Å². The molecule has 4 heterocycles. The van der Waals surface area contributed by atoms with Crippen molar-refractivity contribution in [1.29, 1.82) is 0 Å². The number of anilines is 4. The normalized spacial score (nSPS) is 13.4. The zero-order valence-electron chi connectivity index (χ0n) is 68.9. The first-order valence-electron chi connectivity index (χ1n) is 40.4. The Hall–Kier alpha value is -9.54. The molecular formula is C88H114Cl2N12O10. The minimum atomic E-state index is -0.0838. The third-order valence-corrected chi connectivity index (χ3v) is 23.0. The van der Waals surface area contributed by atoms with Crippen LogP contribution >= 0.6 is 23.2 Å². The summed E-state index contributed by atoms with van der Waals surface area (Å²) in [6, 6.07) is 15.8. The molecule has 0 radical (unpaired) electrons. The topological polar surface area (TPSA) is 274 Å². The second-order valence-corrected chi connectivity index (χ2v) is 30.0. The van der Waals surface area contributed by atoms with Crippen LogP contribution in [0.3, 0.4) is 0 Å². The Kier molecular flexibility index (Phi) is 29.9. The molecule has 4 aromatic carbocycles. The number of hydrogen-bond acceptors (Lipinski definition) is 18. The van der Waals surface area contributed by atoms with E-state index in [0.717, 1.165) is 128 Å². The molecule has 0 saturated heterocycles. The molecule has 8 aromatic rings. The van der Waals surface area contributed by atoms with Gasteiger partial charge in [0.1, 0.15) is 57.5 Å². The van der Waals surface area contributed by atoms with E-state index in [1.807, 2.05) is 85.7 Å². The van der Waals surface area contributed by atoms with Crippen molar-refractivity contribution >= 4 is 69.1 Å². The number of fused-ring (bicyclic) bond motifs is 4. The lowest BCUT2D eigenvalue weighted by Crippen LogP contribution is -2.30. The van der Waals surface area contributed by atoms with E-state index in [4.69, 9.17) is 52.6 Å². The van der Waals surface area contributed by atoms with Crippen LogP contribution in [0.5, 0.6) is 11.5 Å². The van der Waals surface area contributed by atoms with Gasteiger partial charge in [-0.1, -0.05) is 78.6 Å². The van der Waals surface area contributed by atoms with Crippen molar-refractivity contribution in [2.45, 2.75) is 277 Å². The van der Waals surface area contributed by atoms with Gasteiger partial charge in [-0.25, -0.2) is 19.9 Å². The molecule has 0 saturated carbocycles. The van der Waals surface area contributed by atoms with Crippen LogP contribution in [0.4, 0.5) is 22.7 Å². The molecule has 600 valence electrons. The molecule has 12 rings (SSSR count). The van der Waals surface area contributed by atoms with Crippen LogP contribution < -0.4 is 53.0 Å². The van der Waals surface area contributed by atoms with E-state index in [2.05, 4.69) is 76.7 Å². The maximum atomic E-state index is 13.3. The molecule has 0 aliphatic heterocycles. The number of aryl methyl sites for hydroxylation is 8. The summed E-state index contributed by atoms with van der Waals surface area (Å²) in [6.45, 7) is 34.0. The Morgan fingerprint density at radius 1 is 0.321 bits per heavy atom. The van der Waals surface area contributed by atoms with Crippen molar-refractivity contribution in [2.75, 3.05) is 35.5 Å². The maximum absolute atomic E-state index is 13.3. The highest BCUT2D eigenvalue weighted by Gasteiger charge is 2.31. The number of benzene rings is 4. The molecule has 22 nitrogen and oxygen atoms in total. The van der Waals surface area contributed by atoms with Gasteiger partial charge >= 0.3 is 0 Å². The molecule has 0 fully saturated rings. The zero-order chi connectivity index (χ0) is 81.7. The average Bonchev–Trinajstić information content (AvgIpc) is 1.09. The van der Waals surface area contributed by atoms with Crippen LogP contribution in [-0.2, 0) is 51.9 Å². The second kappa shape index (κ2) is 38.8. The highest BCUT2D eigenvalue weighted by atomic mass is 35.5. The largest absolute Gasteiger partial charge is 0.496 e. The van der Waals surface area contributed by atoms with Crippen molar-refractivity contribution < 1.29 is 28.7 Å². The maximum Gasteiger partial charge on any atom is 0.277 e. The molecule has 4 aliphatic carbocycles. The minimum absolute atomic E-state index is 0.0715. The summed E-state index contributed by atoms with van der Waals surface area (Å²) in [5.41, 5.74) is 14.4. The molecule has 24 heteroatoms. The minimum Gasteiger partial charge on any atom is -0.496 e. The predicted molar refractivity (Wildman–Crippen MR) is 452 cm³/mol. The molecular weight excluding hydrogens is 1460 g/mol. The van der Waals surface area contributed by atoms with Gasteiger partial charge in [-0.05, 0) is 216 Å². The number of nitrogens with zero attached hydrogens (tertiary/aromatic N) is 8.